The van der Waals surface area contributed by atoms with E-state index in [1.165, 1.54) is 0 Å². The van der Waals surface area contributed by atoms with Crippen molar-refractivity contribution in [1.82, 2.24) is 4.90 Å². The van der Waals surface area contributed by atoms with Crippen LogP contribution in [0.15, 0.2) is 0 Å². The molecule has 1 spiro atoms. The summed E-state index contributed by atoms with van der Waals surface area (Å²) in [6.45, 7) is 10.4. The Balaban J connectivity index is 2.08. The van der Waals surface area contributed by atoms with Crippen LogP contribution in [0, 0.1) is 17.3 Å². The molecule has 0 aromatic carbocycles. The van der Waals surface area contributed by atoms with Crippen LogP contribution in [0.25, 0.3) is 0 Å². The second-order valence-corrected chi connectivity index (χ2v) is 8.02. The zero-order chi connectivity index (χ0) is 18.1. The number of rotatable bonds is 2. The molecule has 136 valence electrons. The van der Waals surface area contributed by atoms with Crippen molar-refractivity contribution in [3.05, 3.63) is 0 Å². The van der Waals surface area contributed by atoms with Gasteiger partial charge < -0.3 is 14.4 Å². The number of piperidine rings is 1. The lowest BCUT2D eigenvalue weighted by Gasteiger charge is -2.41. The summed E-state index contributed by atoms with van der Waals surface area (Å²) in [5, 5.41) is 0. The number of amides is 1. The fourth-order valence-corrected chi connectivity index (χ4v) is 3.96. The molecule has 0 bridgehead atoms. The largest absolute Gasteiger partial charge is 0.465 e. The highest BCUT2D eigenvalue weighted by Crippen LogP contribution is 2.51. The number of ether oxygens (including phenoxy) is 2. The Bertz CT molecular complexity index is 514. The van der Waals surface area contributed by atoms with Gasteiger partial charge in [0.2, 0.25) is 0 Å². The van der Waals surface area contributed by atoms with Gasteiger partial charge >= 0.3 is 12.1 Å². The normalized spacial score (nSPS) is 26.5. The number of carbonyl (C=O) groups is 3. The molecule has 0 aromatic rings. The van der Waals surface area contributed by atoms with Gasteiger partial charge in [-0.1, -0.05) is 6.92 Å². The summed E-state index contributed by atoms with van der Waals surface area (Å²) < 4.78 is 10.6. The maximum Gasteiger partial charge on any atom is 0.410 e. The molecule has 1 heterocycles. The minimum atomic E-state index is -0.687. The molecule has 0 N–H and O–H groups in total. The van der Waals surface area contributed by atoms with Crippen LogP contribution in [0.1, 0.15) is 53.9 Å². The molecule has 6 heteroatoms. The van der Waals surface area contributed by atoms with Gasteiger partial charge in [0, 0.05) is 19.0 Å². The first-order chi connectivity index (χ1) is 11.1. The third-order valence-corrected chi connectivity index (χ3v) is 5.03. The van der Waals surface area contributed by atoms with Gasteiger partial charge in [-0.2, -0.15) is 0 Å². The van der Waals surface area contributed by atoms with E-state index in [0.717, 1.165) is 0 Å². The van der Waals surface area contributed by atoms with E-state index in [9.17, 15) is 14.4 Å². The van der Waals surface area contributed by atoms with E-state index in [2.05, 4.69) is 0 Å². The minimum absolute atomic E-state index is 0.0147. The van der Waals surface area contributed by atoms with Crippen molar-refractivity contribution in [3.8, 4) is 0 Å². The molecule has 6 nitrogen and oxygen atoms in total. The molecule has 1 saturated heterocycles. The zero-order valence-corrected chi connectivity index (χ0v) is 15.4. The Kier molecular flexibility index (Phi) is 5.25. The van der Waals surface area contributed by atoms with E-state index < -0.39 is 17.5 Å². The molecule has 1 aliphatic heterocycles. The van der Waals surface area contributed by atoms with Crippen LogP contribution in [0.2, 0.25) is 0 Å². The Morgan fingerprint density at radius 3 is 2.33 bits per heavy atom. The minimum Gasteiger partial charge on any atom is -0.465 e. The van der Waals surface area contributed by atoms with E-state index in [0.29, 0.717) is 32.4 Å². The molecular formula is C18H29NO5. The summed E-state index contributed by atoms with van der Waals surface area (Å²) >= 11 is 0. The number of esters is 1. The first-order valence-corrected chi connectivity index (χ1v) is 8.78. The van der Waals surface area contributed by atoms with E-state index in [1.54, 1.807) is 11.8 Å². The summed E-state index contributed by atoms with van der Waals surface area (Å²) in [6, 6.07) is 0. The van der Waals surface area contributed by atoms with Gasteiger partial charge in [-0.3, -0.25) is 9.59 Å². The van der Waals surface area contributed by atoms with E-state index in [-0.39, 0.29) is 29.8 Å². The maximum atomic E-state index is 12.5. The molecule has 2 unspecified atom stereocenters. The molecule has 2 fully saturated rings. The van der Waals surface area contributed by atoms with Crippen molar-refractivity contribution in [2.24, 2.45) is 17.3 Å². The Morgan fingerprint density at radius 2 is 1.83 bits per heavy atom. The van der Waals surface area contributed by atoms with Crippen molar-refractivity contribution >= 4 is 17.8 Å². The smallest absolute Gasteiger partial charge is 0.410 e. The molecule has 2 rings (SSSR count). The zero-order valence-electron chi connectivity index (χ0n) is 15.4. The SMILES string of the molecule is CCOC(=O)C1C(=O)C(C)CC12CCN(C(=O)OC(C)(C)C)CC2. The van der Waals surface area contributed by atoms with Gasteiger partial charge in [0.15, 0.2) is 0 Å². The predicted molar refractivity (Wildman–Crippen MR) is 88.4 cm³/mol. The van der Waals surface area contributed by atoms with Crippen LogP contribution >= 0.6 is 0 Å². The lowest BCUT2D eigenvalue weighted by Crippen LogP contribution is -2.48. The van der Waals surface area contributed by atoms with Crippen molar-refractivity contribution in [3.63, 3.8) is 0 Å². The van der Waals surface area contributed by atoms with Crippen LogP contribution in [0.4, 0.5) is 4.79 Å². The number of hydrogen-bond acceptors (Lipinski definition) is 5. The summed E-state index contributed by atoms with van der Waals surface area (Å²) in [6.07, 6.45) is 1.62. The number of hydrogen-bond donors (Lipinski definition) is 0. The Morgan fingerprint density at radius 1 is 1.25 bits per heavy atom. The quantitative estimate of drug-likeness (QED) is 0.571. The topological polar surface area (TPSA) is 72.9 Å². The number of likely N-dealkylation sites (tertiary alicyclic amines) is 1. The summed E-state index contributed by atoms with van der Waals surface area (Å²) in [5.74, 6) is -1.24. The van der Waals surface area contributed by atoms with Crippen LogP contribution < -0.4 is 0 Å². The molecule has 2 atom stereocenters. The molecule has 0 aromatic heterocycles. The van der Waals surface area contributed by atoms with Crippen molar-refractivity contribution < 1.29 is 23.9 Å². The van der Waals surface area contributed by atoms with Crippen LogP contribution in [-0.4, -0.2) is 48.0 Å². The number of ketones is 1. The van der Waals surface area contributed by atoms with Crippen LogP contribution in [0.3, 0.4) is 0 Å². The summed E-state index contributed by atoms with van der Waals surface area (Å²) in [5.41, 5.74) is -0.904. The second-order valence-electron chi connectivity index (χ2n) is 8.02. The van der Waals surface area contributed by atoms with Crippen molar-refractivity contribution in [2.45, 2.75) is 59.5 Å². The first kappa shape index (κ1) is 18.7. The number of Topliss-reactive ketones (excluding diaryl/α,β-unsaturated/α-hetero) is 1. The van der Waals surface area contributed by atoms with Crippen molar-refractivity contribution in [2.75, 3.05) is 19.7 Å². The standard InChI is InChI=1S/C18H29NO5/c1-6-23-15(21)13-14(20)12(2)11-18(13)7-9-19(10-8-18)16(22)24-17(3,4)5/h12-13H,6-11H2,1-5H3. The van der Waals surface area contributed by atoms with Gasteiger partial charge in [-0.25, -0.2) is 4.79 Å². The average molecular weight is 339 g/mol. The van der Waals surface area contributed by atoms with E-state index >= 15 is 0 Å². The average Bonchev–Trinajstić information content (AvgIpc) is 2.69. The highest BCUT2D eigenvalue weighted by molar-refractivity contribution is 6.02. The third-order valence-electron chi connectivity index (χ3n) is 5.03. The van der Waals surface area contributed by atoms with Gasteiger partial charge in [-0.15, -0.1) is 0 Å². The molecule has 2 aliphatic rings. The summed E-state index contributed by atoms with van der Waals surface area (Å²) in [7, 11) is 0. The van der Waals surface area contributed by atoms with Crippen molar-refractivity contribution in [1.29, 1.82) is 0 Å². The Hall–Kier alpha value is -1.59. The first-order valence-electron chi connectivity index (χ1n) is 8.78. The molecule has 1 aliphatic carbocycles. The molecule has 24 heavy (non-hydrogen) atoms. The van der Waals surface area contributed by atoms with Gasteiger partial charge in [0.1, 0.15) is 17.3 Å². The monoisotopic (exact) mass is 339 g/mol. The molecule has 0 radical (unpaired) electrons. The third kappa shape index (κ3) is 3.73. The van der Waals surface area contributed by atoms with E-state index in [4.69, 9.17) is 9.47 Å². The second kappa shape index (κ2) is 6.73. The molecule has 1 amide bonds. The Labute approximate surface area is 143 Å². The molecular weight excluding hydrogens is 310 g/mol. The fourth-order valence-electron chi connectivity index (χ4n) is 3.96. The van der Waals surface area contributed by atoms with Crippen LogP contribution in [-0.2, 0) is 19.1 Å². The fraction of sp³-hybridized carbons (Fsp3) is 0.833. The number of carbonyl (C=O) groups excluding carboxylic acids is 3. The van der Waals surface area contributed by atoms with Gasteiger partial charge in [0.25, 0.3) is 0 Å². The van der Waals surface area contributed by atoms with Crippen LogP contribution in [0.5, 0.6) is 0 Å². The van der Waals surface area contributed by atoms with Gasteiger partial charge in [-0.05, 0) is 52.4 Å². The lowest BCUT2D eigenvalue weighted by molar-refractivity contribution is -0.156. The lowest BCUT2D eigenvalue weighted by atomic mass is 9.70. The van der Waals surface area contributed by atoms with E-state index in [1.807, 2.05) is 27.7 Å². The predicted octanol–water partition coefficient (Wildman–Crippen LogP) is 2.79. The van der Waals surface area contributed by atoms with Gasteiger partial charge in [0.05, 0.1) is 6.61 Å². The highest BCUT2D eigenvalue weighted by Gasteiger charge is 2.56. The summed E-state index contributed by atoms with van der Waals surface area (Å²) in [4.78, 5) is 38.7. The number of nitrogens with zero attached hydrogens (tertiary/aromatic N) is 1. The maximum absolute atomic E-state index is 12.5. The molecule has 1 saturated carbocycles. The highest BCUT2D eigenvalue weighted by atomic mass is 16.6.